The lowest BCUT2D eigenvalue weighted by molar-refractivity contribution is 0.356. The van der Waals surface area contributed by atoms with E-state index in [4.69, 9.17) is 0 Å². The first-order chi connectivity index (χ1) is 13.6. The molecule has 0 atom stereocenters. The van der Waals surface area contributed by atoms with Gasteiger partial charge in [-0.1, -0.05) is 147 Å². The van der Waals surface area contributed by atoms with E-state index in [0.717, 1.165) is 0 Å². The molecular formula is C28H50. The van der Waals surface area contributed by atoms with Crippen LogP contribution in [0.2, 0.25) is 0 Å². The average molecular weight is 387 g/mol. The minimum absolute atomic E-state index is 0.530. The number of hydrogen-bond donors (Lipinski definition) is 0. The third kappa shape index (κ3) is 17.3. The molecule has 0 heterocycles. The van der Waals surface area contributed by atoms with Gasteiger partial charge in [-0.2, -0.15) is 0 Å². The van der Waals surface area contributed by atoms with Crippen LogP contribution in [-0.4, -0.2) is 0 Å². The Morgan fingerprint density at radius 3 is 1.21 bits per heavy atom. The molecule has 0 unspecified atom stereocenters. The molecule has 0 radical (unpaired) electrons. The lowest BCUT2D eigenvalue weighted by atomic mass is 9.89. The Morgan fingerprint density at radius 2 is 0.821 bits per heavy atom. The Hall–Kier alpha value is -0.780. The average Bonchev–Trinajstić information content (AvgIpc) is 2.67. The predicted octanol–water partition coefficient (Wildman–Crippen LogP) is 9.91. The molecule has 0 bridgehead atoms. The van der Waals surface area contributed by atoms with E-state index in [9.17, 15) is 0 Å². The van der Waals surface area contributed by atoms with E-state index < -0.39 is 0 Å². The molecule has 0 N–H and O–H groups in total. The maximum absolute atomic E-state index is 2.36. The summed E-state index contributed by atoms with van der Waals surface area (Å²) < 4.78 is 0. The Labute approximate surface area is 177 Å². The van der Waals surface area contributed by atoms with E-state index in [1.54, 1.807) is 0 Å². The molecule has 0 aliphatic rings. The highest BCUT2D eigenvalue weighted by Gasteiger charge is 2.08. The molecule has 1 rings (SSSR count). The standard InChI is InChI=1S/C28H50/c1-28(2,3)26-22-17-15-13-11-9-7-5-4-6-8-10-12-14-16-19-23-27-24-20-18-21-25-27/h18,20-21,24-25H,4-17,19,22-23,26H2,1-3H3. The molecule has 0 nitrogen and oxygen atoms in total. The van der Waals surface area contributed by atoms with E-state index >= 15 is 0 Å². The highest BCUT2D eigenvalue weighted by atomic mass is 14.1. The third-order valence-electron chi connectivity index (χ3n) is 5.99. The van der Waals surface area contributed by atoms with Gasteiger partial charge in [0.1, 0.15) is 0 Å². The van der Waals surface area contributed by atoms with E-state index in [1.165, 1.54) is 121 Å². The van der Waals surface area contributed by atoms with Gasteiger partial charge in [0.15, 0.2) is 0 Å². The fourth-order valence-electron chi connectivity index (χ4n) is 4.10. The fourth-order valence-corrected chi connectivity index (χ4v) is 4.10. The van der Waals surface area contributed by atoms with Crippen LogP contribution in [0.15, 0.2) is 30.3 Å². The van der Waals surface area contributed by atoms with Crippen LogP contribution >= 0.6 is 0 Å². The molecule has 0 fully saturated rings. The van der Waals surface area contributed by atoms with Crippen molar-refractivity contribution in [3.05, 3.63) is 35.9 Å². The van der Waals surface area contributed by atoms with Crippen molar-refractivity contribution in [3.8, 4) is 0 Å². The highest BCUT2D eigenvalue weighted by molar-refractivity contribution is 5.14. The summed E-state index contributed by atoms with van der Waals surface area (Å²) in [4.78, 5) is 0. The molecule has 0 aromatic heterocycles. The molecule has 0 aliphatic heterocycles. The largest absolute Gasteiger partial charge is 0.0622 e. The van der Waals surface area contributed by atoms with Gasteiger partial charge in [-0.3, -0.25) is 0 Å². The fraction of sp³-hybridized carbons (Fsp3) is 0.786. The Kier molecular flexibility index (Phi) is 15.4. The van der Waals surface area contributed by atoms with Gasteiger partial charge in [0, 0.05) is 0 Å². The van der Waals surface area contributed by atoms with Crippen LogP contribution in [0.4, 0.5) is 0 Å². The number of benzene rings is 1. The smallest absolute Gasteiger partial charge is 0.0279 e. The van der Waals surface area contributed by atoms with Crippen LogP contribution in [-0.2, 0) is 6.42 Å². The molecule has 0 saturated heterocycles. The molecule has 28 heavy (non-hydrogen) atoms. The molecule has 0 aliphatic carbocycles. The minimum atomic E-state index is 0.530. The Morgan fingerprint density at radius 1 is 0.464 bits per heavy atom. The molecule has 1 aromatic rings. The van der Waals surface area contributed by atoms with Gasteiger partial charge in [-0.15, -0.1) is 0 Å². The van der Waals surface area contributed by atoms with Crippen LogP contribution in [0.1, 0.15) is 135 Å². The second-order valence-corrected chi connectivity index (χ2v) is 10.2. The first-order valence-electron chi connectivity index (χ1n) is 12.6. The highest BCUT2D eigenvalue weighted by Crippen LogP contribution is 2.22. The summed E-state index contributed by atoms with van der Waals surface area (Å²) >= 11 is 0. The quantitative estimate of drug-likeness (QED) is 0.220. The monoisotopic (exact) mass is 386 g/mol. The second-order valence-electron chi connectivity index (χ2n) is 10.2. The zero-order valence-electron chi connectivity index (χ0n) is 19.6. The van der Waals surface area contributed by atoms with E-state index in [1.807, 2.05) is 0 Å². The van der Waals surface area contributed by atoms with E-state index in [2.05, 4.69) is 51.1 Å². The van der Waals surface area contributed by atoms with Crippen molar-refractivity contribution in [3.63, 3.8) is 0 Å². The van der Waals surface area contributed by atoms with E-state index in [0.29, 0.717) is 5.41 Å². The molecule has 0 amide bonds. The summed E-state index contributed by atoms with van der Waals surface area (Å²) in [6.07, 6.45) is 25.9. The van der Waals surface area contributed by atoms with Crippen molar-refractivity contribution in [1.82, 2.24) is 0 Å². The van der Waals surface area contributed by atoms with Crippen molar-refractivity contribution in [2.75, 3.05) is 0 Å². The summed E-state index contributed by atoms with van der Waals surface area (Å²) in [7, 11) is 0. The van der Waals surface area contributed by atoms with Crippen LogP contribution in [0.5, 0.6) is 0 Å². The summed E-state index contributed by atoms with van der Waals surface area (Å²) in [5.41, 5.74) is 2.03. The van der Waals surface area contributed by atoms with Gasteiger partial charge in [0.2, 0.25) is 0 Å². The second kappa shape index (κ2) is 17.1. The van der Waals surface area contributed by atoms with Crippen molar-refractivity contribution in [1.29, 1.82) is 0 Å². The van der Waals surface area contributed by atoms with E-state index in [-0.39, 0.29) is 0 Å². The van der Waals surface area contributed by atoms with Crippen LogP contribution in [0, 0.1) is 5.41 Å². The lowest BCUT2D eigenvalue weighted by Crippen LogP contribution is -2.03. The first kappa shape index (κ1) is 25.3. The summed E-state index contributed by atoms with van der Waals surface area (Å²) in [6, 6.07) is 10.9. The van der Waals surface area contributed by atoms with Gasteiger partial charge < -0.3 is 0 Å². The zero-order chi connectivity index (χ0) is 20.3. The summed E-state index contributed by atoms with van der Waals surface area (Å²) in [6.45, 7) is 7.08. The topological polar surface area (TPSA) is 0 Å². The van der Waals surface area contributed by atoms with Crippen molar-refractivity contribution in [2.24, 2.45) is 5.41 Å². The first-order valence-corrected chi connectivity index (χ1v) is 12.6. The number of rotatable bonds is 18. The summed E-state index contributed by atoms with van der Waals surface area (Å²) in [5, 5.41) is 0. The maximum Gasteiger partial charge on any atom is -0.0279 e. The van der Waals surface area contributed by atoms with Gasteiger partial charge in [0.25, 0.3) is 0 Å². The molecule has 0 saturated carbocycles. The van der Waals surface area contributed by atoms with Gasteiger partial charge >= 0.3 is 0 Å². The minimum Gasteiger partial charge on any atom is -0.0622 e. The van der Waals surface area contributed by atoms with Crippen LogP contribution < -0.4 is 0 Å². The van der Waals surface area contributed by atoms with Crippen LogP contribution in [0.3, 0.4) is 0 Å². The molecular weight excluding hydrogens is 336 g/mol. The lowest BCUT2D eigenvalue weighted by Gasteiger charge is -2.17. The summed E-state index contributed by atoms with van der Waals surface area (Å²) in [5.74, 6) is 0. The number of aryl methyl sites for hydroxylation is 1. The molecule has 0 heteroatoms. The Balaban J connectivity index is 1.70. The van der Waals surface area contributed by atoms with Crippen molar-refractivity contribution >= 4 is 0 Å². The van der Waals surface area contributed by atoms with Gasteiger partial charge in [-0.05, 0) is 30.2 Å². The molecule has 1 aromatic carbocycles. The number of hydrogen-bond acceptors (Lipinski definition) is 0. The van der Waals surface area contributed by atoms with Crippen molar-refractivity contribution < 1.29 is 0 Å². The van der Waals surface area contributed by atoms with Crippen molar-refractivity contribution in [2.45, 2.75) is 136 Å². The maximum atomic E-state index is 2.36. The zero-order valence-corrected chi connectivity index (χ0v) is 19.6. The van der Waals surface area contributed by atoms with Gasteiger partial charge in [-0.25, -0.2) is 0 Å². The van der Waals surface area contributed by atoms with Gasteiger partial charge in [0.05, 0.1) is 0 Å². The van der Waals surface area contributed by atoms with Crippen LogP contribution in [0.25, 0.3) is 0 Å². The molecule has 0 spiro atoms. The third-order valence-corrected chi connectivity index (χ3v) is 5.99. The molecule has 162 valence electrons. The predicted molar refractivity (Wildman–Crippen MR) is 128 cm³/mol. The normalized spacial score (nSPS) is 11.8. The SMILES string of the molecule is CC(C)(C)CCCCCCCCCCCCCCCCCCc1ccccc1. The number of unbranched alkanes of at least 4 members (excludes halogenated alkanes) is 15. The Bertz CT molecular complexity index is 425.